The predicted molar refractivity (Wildman–Crippen MR) is 140 cm³/mol. The molecule has 0 aromatic carbocycles. The fourth-order valence-electron chi connectivity index (χ4n) is 4.05. The molecule has 0 aromatic rings. The van der Waals surface area contributed by atoms with Gasteiger partial charge >= 0.3 is 5.97 Å². The Kier molecular flexibility index (Phi) is 24.2. The highest BCUT2D eigenvalue weighted by molar-refractivity contribution is 7.98. The molecular weight excluding hydrogens is 402 g/mol. The lowest BCUT2D eigenvalue weighted by Gasteiger charge is -2.20. The van der Waals surface area contributed by atoms with Crippen LogP contribution in [0.4, 0.5) is 0 Å². The van der Waals surface area contributed by atoms with Crippen LogP contribution in [-0.4, -0.2) is 30.1 Å². The van der Waals surface area contributed by atoms with Gasteiger partial charge in [0.25, 0.3) is 0 Å². The van der Waals surface area contributed by atoms with Gasteiger partial charge in [0.05, 0.1) is 0 Å². The van der Waals surface area contributed by atoms with E-state index in [0.29, 0.717) is 6.42 Å². The minimum Gasteiger partial charge on any atom is -0.461 e. The quantitative estimate of drug-likeness (QED) is 0.117. The second-order valence-electron chi connectivity index (χ2n) is 9.33. The lowest BCUT2D eigenvalue weighted by molar-refractivity contribution is -0.151. The zero-order valence-electron chi connectivity index (χ0n) is 21.3. The summed E-state index contributed by atoms with van der Waals surface area (Å²) in [5.74, 6) is 0.714. The first-order valence-corrected chi connectivity index (χ1v) is 15.0. The van der Waals surface area contributed by atoms with Gasteiger partial charge in [0.1, 0.15) is 12.1 Å². The van der Waals surface area contributed by atoms with E-state index in [2.05, 4.69) is 13.8 Å². The third kappa shape index (κ3) is 21.4. The van der Waals surface area contributed by atoms with Gasteiger partial charge < -0.3 is 10.5 Å². The van der Waals surface area contributed by atoms with Gasteiger partial charge in [-0.25, -0.2) is 0 Å². The Balaban J connectivity index is 3.65. The Labute approximate surface area is 199 Å². The van der Waals surface area contributed by atoms with E-state index in [1.807, 2.05) is 6.26 Å². The van der Waals surface area contributed by atoms with Crippen molar-refractivity contribution in [2.45, 2.75) is 154 Å². The molecule has 2 N–H and O–H groups in total. The van der Waals surface area contributed by atoms with E-state index in [-0.39, 0.29) is 12.1 Å². The summed E-state index contributed by atoms with van der Waals surface area (Å²) in [5, 5.41) is 0. The van der Waals surface area contributed by atoms with Crippen molar-refractivity contribution >= 4 is 17.7 Å². The first-order chi connectivity index (χ1) is 15.2. The smallest absolute Gasteiger partial charge is 0.323 e. The monoisotopic (exact) mass is 457 g/mol. The van der Waals surface area contributed by atoms with Gasteiger partial charge in [-0.3, -0.25) is 4.79 Å². The van der Waals surface area contributed by atoms with Crippen LogP contribution in [0.3, 0.4) is 0 Å². The number of carbonyl (C=O) groups excluding carboxylic acids is 1. The Morgan fingerprint density at radius 2 is 1.10 bits per heavy atom. The normalized spacial score (nSPS) is 13.3. The summed E-state index contributed by atoms with van der Waals surface area (Å²) in [6, 6.07) is -0.461. The van der Waals surface area contributed by atoms with E-state index in [4.69, 9.17) is 10.5 Å². The number of unbranched alkanes of at least 4 members (excludes halogenated alkanes) is 15. The van der Waals surface area contributed by atoms with Crippen molar-refractivity contribution in [1.29, 1.82) is 0 Å². The summed E-state index contributed by atoms with van der Waals surface area (Å²) in [5.41, 5.74) is 5.98. The third-order valence-corrected chi connectivity index (χ3v) is 6.87. The molecule has 31 heavy (non-hydrogen) atoms. The second kappa shape index (κ2) is 24.4. The molecule has 0 bridgehead atoms. The second-order valence-corrected chi connectivity index (χ2v) is 10.3. The number of ether oxygens (including phenoxy) is 1. The molecule has 0 saturated heterocycles. The Morgan fingerprint density at radius 3 is 1.55 bits per heavy atom. The van der Waals surface area contributed by atoms with E-state index in [0.717, 1.165) is 31.4 Å². The number of thioether (sulfide) groups is 1. The molecule has 0 heterocycles. The molecule has 0 rings (SSSR count). The number of hydrogen-bond acceptors (Lipinski definition) is 4. The van der Waals surface area contributed by atoms with Gasteiger partial charge in [0.15, 0.2) is 0 Å². The first-order valence-electron chi connectivity index (χ1n) is 13.6. The molecule has 0 aliphatic heterocycles. The fourth-order valence-corrected chi connectivity index (χ4v) is 4.54. The van der Waals surface area contributed by atoms with E-state index < -0.39 is 6.04 Å². The molecule has 1 unspecified atom stereocenters. The van der Waals surface area contributed by atoms with Crippen LogP contribution >= 0.6 is 11.8 Å². The average molecular weight is 458 g/mol. The van der Waals surface area contributed by atoms with Crippen molar-refractivity contribution in [3.63, 3.8) is 0 Å². The highest BCUT2D eigenvalue weighted by atomic mass is 32.2. The van der Waals surface area contributed by atoms with Crippen LogP contribution in [0, 0.1) is 0 Å². The van der Waals surface area contributed by atoms with Gasteiger partial charge in [-0.05, 0) is 37.7 Å². The molecule has 2 atom stereocenters. The number of rotatable bonds is 24. The van der Waals surface area contributed by atoms with Gasteiger partial charge in [-0.15, -0.1) is 0 Å². The van der Waals surface area contributed by atoms with E-state index in [1.54, 1.807) is 11.8 Å². The van der Waals surface area contributed by atoms with Crippen LogP contribution in [0.15, 0.2) is 0 Å². The van der Waals surface area contributed by atoms with Crippen molar-refractivity contribution in [2.75, 3.05) is 12.0 Å². The Bertz CT molecular complexity index is 378. The SMILES string of the molecule is CCCCCCCCCCCCCCCCCC(CCCC)OC(=O)[C@@H](N)CCSC. The van der Waals surface area contributed by atoms with Gasteiger partial charge in [-0.2, -0.15) is 11.8 Å². The molecule has 3 nitrogen and oxygen atoms in total. The molecule has 186 valence electrons. The number of hydrogen-bond donors (Lipinski definition) is 1. The largest absolute Gasteiger partial charge is 0.461 e. The maximum Gasteiger partial charge on any atom is 0.323 e. The number of nitrogens with two attached hydrogens (primary N) is 1. The van der Waals surface area contributed by atoms with Crippen LogP contribution in [0.2, 0.25) is 0 Å². The molecule has 0 aromatic heterocycles. The summed E-state index contributed by atoms with van der Waals surface area (Å²) in [6.07, 6.45) is 27.8. The summed E-state index contributed by atoms with van der Waals surface area (Å²) in [4.78, 5) is 12.2. The standard InChI is InChI=1S/C27H55NO2S/c1-4-6-8-9-10-11-12-13-14-15-16-17-18-19-20-22-25(21-7-5-2)30-27(29)26(28)23-24-31-3/h25-26H,4-24,28H2,1-3H3/t25?,26-/m0/s1. The van der Waals surface area contributed by atoms with Crippen molar-refractivity contribution < 1.29 is 9.53 Å². The number of carbonyl (C=O) groups is 1. The van der Waals surface area contributed by atoms with Gasteiger partial charge in [-0.1, -0.05) is 117 Å². The first kappa shape index (κ1) is 30.8. The van der Waals surface area contributed by atoms with Crippen molar-refractivity contribution in [3.05, 3.63) is 0 Å². The summed E-state index contributed by atoms with van der Waals surface area (Å²) in [7, 11) is 0. The molecule has 0 spiro atoms. The zero-order chi connectivity index (χ0) is 23.0. The molecule has 0 radical (unpaired) electrons. The maximum atomic E-state index is 12.2. The highest BCUT2D eigenvalue weighted by Gasteiger charge is 2.19. The average Bonchev–Trinajstić information content (AvgIpc) is 2.77. The van der Waals surface area contributed by atoms with Crippen molar-refractivity contribution in [1.82, 2.24) is 0 Å². The minimum absolute atomic E-state index is 0.0646. The van der Waals surface area contributed by atoms with E-state index in [9.17, 15) is 4.79 Å². The Hall–Kier alpha value is -0.220. The van der Waals surface area contributed by atoms with Crippen LogP contribution in [-0.2, 0) is 9.53 Å². The minimum atomic E-state index is -0.461. The highest BCUT2D eigenvalue weighted by Crippen LogP contribution is 2.17. The predicted octanol–water partition coefficient (Wildman–Crippen LogP) is 8.43. The molecular formula is C27H55NO2S. The summed E-state index contributed by atoms with van der Waals surface area (Å²) >= 11 is 1.72. The Morgan fingerprint density at radius 1 is 0.677 bits per heavy atom. The molecule has 0 aliphatic rings. The lowest BCUT2D eigenvalue weighted by atomic mass is 10.0. The molecule has 4 heteroatoms. The van der Waals surface area contributed by atoms with E-state index >= 15 is 0 Å². The molecule has 0 aliphatic carbocycles. The van der Waals surface area contributed by atoms with Crippen molar-refractivity contribution in [2.24, 2.45) is 5.73 Å². The van der Waals surface area contributed by atoms with Crippen LogP contribution in [0.1, 0.15) is 142 Å². The third-order valence-electron chi connectivity index (χ3n) is 6.23. The van der Waals surface area contributed by atoms with Crippen LogP contribution < -0.4 is 5.73 Å². The summed E-state index contributed by atoms with van der Waals surface area (Å²) in [6.45, 7) is 4.48. The maximum absolute atomic E-state index is 12.2. The summed E-state index contributed by atoms with van der Waals surface area (Å²) < 4.78 is 5.76. The zero-order valence-corrected chi connectivity index (χ0v) is 22.1. The topological polar surface area (TPSA) is 52.3 Å². The molecule has 0 amide bonds. The van der Waals surface area contributed by atoms with Crippen LogP contribution in [0.5, 0.6) is 0 Å². The molecule has 0 fully saturated rings. The fraction of sp³-hybridized carbons (Fsp3) is 0.963. The van der Waals surface area contributed by atoms with Crippen molar-refractivity contribution in [3.8, 4) is 0 Å². The van der Waals surface area contributed by atoms with E-state index in [1.165, 1.54) is 96.3 Å². The number of esters is 1. The lowest BCUT2D eigenvalue weighted by Crippen LogP contribution is -2.35. The van der Waals surface area contributed by atoms with Crippen LogP contribution in [0.25, 0.3) is 0 Å². The van der Waals surface area contributed by atoms with Gasteiger partial charge in [0, 0.05) is 0 Å². The molecule has 0 saturated carbocycles. The van der Waals surface area contributed by atoms with Gasteiger partial charge in [0.2, 0.25) is 0 Å².